The molecule has 1 atom stereocenters. The van der Waals surface area contributed by atoms with Crippen LogP contribution in [0, 0.1) is 0 Å². The summed E-state index contributed by atoms with van der Waals surface area (Å²) in [6.45, 7) is 6.06. The number of benzene rings is 1. The quantitative estimate of drug-likeness (QED) is 0.817. The summed E-state index contributed by atoms with van der Waals surface area (Å²) >= 11 is 0. The van der Waals surface area contributed by atoms with Crippen LogP contribution in [-0.4, -0.2) is 23.4 Å². The molecule has 3 N–H and O–H groups in total. The number of aliphatic hydroxyl groups excluding tert-OH is 1. The summed E-state index contributed by atoms with van der Waals surface area (Å²) in [7, 11) is 0. The Morgan fingerprint density at radius 2 is 1.81 bits per heavy atom. The molecule has 0 aliphatic rings. The van der Waals surface area contributed by atoms with Crippen molar-refractivity contribution in [2.45, 2.75) is 38.8 Å². The molecule has 16 heavy (non-hydrogen) atoms. The SMILES string of the molecule is CC(C)(C)Oc1ccc(C[C@@H](N)CO)cc1. The van der Waals surface area contributed by atoms with Crippen LogP contribution in [-0.2, 0) is 6.42 Å². The first-order valence-corrected chi connectivity index (χ1v) is 5.55. The summed E-state index contributed by atoms with van der Waals surface area (Å²) in [5.41, 5.74) is 6.60. The number of aliphatic hydroxyl groups is 1. The summed E-state index contributed by atoms with van der Waals surface area (Å²) in [6.07, 6.45) is 0.687. The van der Waals surface area contributed by atoms with E-state index in [4.69, 9.17) is 15.6 Å². The maximum absolute atomic E-state index is 8.85. The molecule has 0 saturated heterocycles. The third-order valence-electron chi connectivity index (χ3n) is 2.08. The predicted octanol–water partition coefficient (Wildman–Crippen LogP) is 1.73. The molecule has 90 valence electrons. The lowest BCUT2D eigenvalue weighted by atomic mass is 10.1. The van der Waals surface area contributed by atoms with Gasteiger partial charge in [0, 0.05) is 6.04 Å². The van der Waals surface area contributed by atoms with Gasteiger partial charge in [0.05, 0.1) is 6.61 Å². The molecule has 0 aliphatic heterocycles. The number of nitrogens with two attached hydrogens (primary N) is 1. The van der Waals surface area contributed by atoms with Crippen molar-refractivity contribution in [1.29, 1.82) is 0 Å². The zero-order valence-corrected chi connectivity index (χ0v) is 10.2. The second kappa shape index (κ2) is 5.32. The Kier molecular flexibility index (Phi) is 4.33. The summed E-state index contributed by atoms with van der Waals surface area (Å²) in [5.74, 6) is 0.855. The fourth-order valence-electron chi connectivity index (χ4n) is 1.41. The van der Waals surface area contributed by atoms with Crippen LogP contribution < -0.4 is 10.5 Å². The van der Waals surface area contributed by atoms with Crippen LogP contribution in [0.4, 0.5) is 0 Å². The highest BCUT2D eigenvalue weighted by Gasteiger charge is 2.11. The highest BCUT2D eigenvalue weighted by molar-refractivity contribution is 5.28. The second-order valence-electron chi connectivity index (χ2n) is 5.01. The van der Waals surface area contributed by atoms with Crippen LogP contribution in [0.25, 0.3) is 0 Å². The minimum Gasteiger partial charge on any atom is -0.488 e. The topological polar surface area (TPSA) is 55.5 Å². The van der Waals surface area contributed by atoms with E-state index in [1.54, 1.807) is 0 Å². The number of hydrogen-bond donors (Lipinski definition) is 2. The summed E-state index contributed by atoms with van der Waals surface area (Å²) in [4.78, 5) is 0. The minimum atomic E-state index is -0.186. The van der Waals surface area contributed by atoms with Crippen molar-refractivity contribution in [3.63, 3.8) is 0 Å². The van der Waals surface area contributed by atoms with E-state index in [9.17, 15) is 0 Å². The van der Waals surface area contributed by atoms with Gasteiger partial charge in [-0.2, -0.15) is 0 Å². The molecule has 0 unspecified atom stereocenters. The van der Waals surface area contributed by atoms with Crippen LogP contribution in [0.15, 0.2) is 24.3 Å². The van der Waals surface area contributed by atoms with E-state index in [0.29, 0.717) is 6.42 Å². The number of rotatable bonds is 4. The van der Waals surface area contributed by atoms with Crippen LogP contribution in [0.2, 0.25) is 0 Å². The first kappa shape index (κ1) is 13.0. The first-order chi connectivity index (χ1) is 7.40. The highest BCUT2D eigenvalue weighted by atomic mass is 16.5. The van der Waals surface area contributed by atoms with E-state index in [1.807, 2.05) is 45.0 Å². The molecule has 1 aromatic carbocycles. The predicted molar refractivity (Wildman–Crippen MR) is 65.6 cm³/mol. The van der Waals surface area contributed by atoms with Gasteiger partial charge in [0.15, 0.2) is 0 Å². The fraction of sp³-hybridized carbons (Fsp3) is 0.538. The number of ether oxygens (including phenoxy) is 1. The Bertz CT molecular complexity index is 314. The Hall–Kier alpha value is -1.06. The molecule has 0 radical (unpaired) electrons. The van der Waals surface area contributed by atoms with E-state index in [2.05, 4.69) is 0 Å². The van der Waals surface area contributed by atoms with Crippen LogP contribution >= 0.6 is 0 Å². The van der Waals surface area contributed by atoms with Crippen molar-refractivity contribution >= 4 is 0 Å². The largest absolute Gasteiger partial charge is 0.488 e. The van der Waals surface area contributed by atoms with Gasteiger partial charge in [-0.05, 0) is 44.9 Å². The molecule has 3 nitrogen and oxygen atoms in total. The van der Waals surface area contributed by atoms with Crippen LogP contribution in [0.1, 0.15) is 26.3 Å². The van der Waals surface area contributed by atoms with Gasteiger partial charge in [-0.1, -0.05) is 12.1 Å². The molecule has 1 aromatic rings. The molecule has 0 heterocycles. The van der Waals surface area contributed by atoms with Gasteiger partial charge < -0.3 is 15.6 Å². The lowest BCUT2D eigenvalue weighted by Crippen LogP contribution is -2.26. The van der Waals surface area contributed by atoms with E-state index < -0.39 is 0 Å². The van der Waals surface area contributed by atoms with Gasteiger partial charge in [-0.15, -0.1) is 0 Å². The molecule has 0 saturated carbocycles. The van der Waals surface area contributed by atoms with E-state index in [0.717, 1.165) is 11.3 Å². The van der Waals surface area contributed by atoms with Crippen molar-refractivity contribution in [2.75, 3.05) is 6.61 Å². The zero-order chi connectivity index (χ0) is 12.2. The molecule has 3 heteroatoms. The molecule has 0 spiro atoms. The van der Waals surface area contributed by atoms with E-state index in [1.165, 1.54) is 0 Å². The maximum Gasteiger partial charge on any atom is 0.120 e. The average molecular weight is 223 g/mol. The lowest BCUT2D eigenvalue weighted by Gasteiger charge is -2.21. The standard InChI is InChI=1S/C13H21NO2/c1-13(2,3)16-12-6-4-10(5-7-12)8-11(14)9-15/h4-7,11,15H,8-9,14H2,1-3H3/t11-/m1/s1. The van der Waals surface area contributed by atoms with Gasteiger partial charge in [0.25, 0.3) is 0 Å². The molecular weight excluding hydrogens is 202 g/mol. The monoisotopic (exact) mass is 223 g/mol. The number of hydrogen-bond acceptors (Lipinski definition) is 3. The van der Waals surface area contributed by atoms with Crippen molar-refractivity contribution < 1.29 is 9.84 Å². The van der Waals surface area contributed by atoms with Gasteiger partial charge in [-0.25, -0.2) is 0 Å². The highest BCUT2D eigenvalue weighted by Crippen LogP contribution is 2.18. The van der Waals surface area contributed by atoms with Gasteiger partial charge >= 0.3 is 0 Å². The Balaban J connectivity index is 2.61. The Morgan fingerprint density at radius 1 is 1.25 bits per heavy atom. The summed E-state index contributed by atoms with van der Waals surface area (Å²) in [5, 5.41) is 8.85. The third-order valence-corrected chi connectivity index (χ3v) is 2.08. The van der Waals surface area contributed by atoms with Gasteiger partial charge in [0.1, 0.15) is 11.4 Å². The Labute approximate surface area is 97.2 Å². The fourth-order valence-corrected chi connectivity index (χ4v) is 1.41. The van der Waals surface area contributed by atoms with Crippen molar-refractivity contribution in [3.8, 4) is 5.75 Å². The molecular formula is C13H21NO2. The van der Waals surface area contributed by atoms with Crippen LogP contribution in [0.5, 0.6) is 5.75 Å². The van der Waals surface area contributed by atoms with E-state index >= 15 is 0 Å². The molecule has 0 amide bonds. The molecule has 0 aromatic heterocycles. The molecule has 0 fully saturated rings. The summed E-state index contributed by atoms with van der Waals surface area (Å²) < 4.78 is 5.71. The minimum absolute atomic E-state index is 0.0141. The zero-order valence-electron chi connectivity index (χ0n) is 10.2. The maximum atomic E-state index is 8.85. The summed E-state index contributed by atoms with van der Waals surface area (Å²) in [6, 6.07) is 7.65. The normalized spacial score (nSPS) is 13.6. The first-order valence-electron chi connectivity index (χ1n) is 5.55. The van der Waals surface area contributed by atoms with Crippen molar-refractivity contribution in [2.24, 2.45) is 5.73 Å². The smallest absolute Gasteiger partial charge is 0.120 e. The third kappa shape index (κ3) is 4.64. The lowest BCUT2D eigenvalue weighted by molar-refractivity contribution is 0.131. The Morgan fingerprint density at radius 3 is 2.25 bits per heavy atom. The second-order valence-corrected chi connectivity index (χ2v) is 5.01. The van der Waals surface area contributed by atoms with Gasteiger partial charge in [-0.3, -0.25) is 0 Å². The van der Waals surface area contributed by atoms with Crippen molar-refractivity contribution in [1.82, 2.24) is 0 Å². The van der Waals surface area contributed by atoms with E-state index in [-0.39, 0.29) is 18.2 Å². The molecule has 0 aliphatic carbocycles. The van der Waals surface area contributed by atoms with Crippen LogP contribution in [0.3, 0.4) is 0 Å². The van der Waals surface area contributed by atoms with Crippen molar-refractivity contribution in [3.05, 3.63) is 29.8 Å². The molecule has 1 rings (SSSR count). The average Bonchev–Trinajstić information content (AvgIpc) is 2.18. The molecule has 0 bridgehead atoms. The van der Waals surface area contributed by atoms with Gasteiger partial charge in [0.2, 0.25) is 0 Å².